The van der Waals surface area contributed by atoms with Crippen molar-refractivity contribution in [2.24, 2.45) is 0 Å². The van der Waals surface area contributed by atoms with E-state index in [1.807, 2.05) is 45.9 Å². The molecule has 0 bridgehead atoms. The fourth-order valence-corrected chi connectivity index (χ4v) is 10.3. The van der Waals surface area contributed by atoms with Crippen LogP contribution in [0.2, 0.25) is 0 Å². The molecule has 0 spiro atoms. The zero-order valence-electron chi connectivity index (χ0n) is 56.0. The number of nitrogens with zero attached hydrogens (tertiary/aromatic N) is 3. The Hall–Kier alpha value is -6.72. The van der Waals surface area contributed by atoms with E-state index in [-0.39, 0.29) is 21.1 Å². The summed E-state index contributed by atoms with van der Waals surface area (Å²) in [6, 6.07) is 45.1. The van der Waals surface area contributed by atoms with E-state index in [1.165, 1.54) is 66.8 Å². The van der Waals surface area contributed by atoms with E-state index in [2.05, 4.69) is 255 Å². The molecule has 0 aliphatic carbocycles. The number of para-hydroxylation sites is 2. The van der Waals surface area contributed by atoms with Crippen LogP contribution >= 0.6 is 0 Å². The van der Waals surface area contributed by atoms with Gasteiger partial charge in [-0.15, -0.1) is 0 Å². The molecule has 7 aromatic rings. The molecule has 9 heteroatoms. The van der Waals surface area contributed by atoms with Gasteiger partial charge in [0.1, 0.15) is 0 Å². The van der Waals surface area contributed by atoms with E-state index in [1.54, 1.807) is 12.4 Å². The van der Waals surface area contributed by atoms with Crippen LogP contribution in [0, 0.1) is 33.1 Å². The van der Waals surface area contributed by atoms with Gasteiger partial charge in [0.2, 0.25) is 11.4 Å². The Balaban J connectivity index is 0. The third-order valence-corrected chi connectivity index (χ3v) is 14.2. The van der Waals surface area contributed by atoms with E-state index < -0.39 is 0 Å². The minimum atomic E-state index is 0. The molecule has 0 saturated carbocycles. The fraction of sp³-hybridized carbons (Fsp3) is 0.410. The summed E-state index contributed by atoms with van der Waals surface area (Å²) in [6.07, 6.45) is 3.50. The molecule has 1 heterocycles. The maximum absolute atomic E-state index is 8.26. The molecule has 7 rings (SSSR count). The van der Waals surface area contributed by atoms with Crippen LogP contribution < -0.4 is 0 Å². The molecule has 87 heavy (non-hydrogen) atoms. The van der Waals surface area contributed by atoms with Gasteiger partial charge in [0.25, 0.3) is 0 Å². The van der Waals surface area contributed by atoms with E-state index in [0.29, 0.717) is 47.3 Å². The number of hydrogen-bond donors (Lipinski definition) is 0. The number of aromatic nitrogens is 1. The van der Waals surface area contributed by atoms with Gasteiger partial charge in [-0.2, -0.15) is 0 Å². The first kappa shape index (κ1) is 82.3. The van der Waals surface area contributed by atoms with E-state index in [4.69, 9.17) is 36.6 Å². The number of pyridine rings is 1. The second kappa shape index (κ2) is 45.5. The monoisotopic (exact) mass is 1260 g/mol. The molecule has 462 valence electrons. The molecule has 0 N–H and O–H groups in total. The van der Waals surface area contributed by atoms with Crippen LogP contribution in [-0.4, -0.2) is 31.4 Å². The van der Waals surface area contributed by atoms with E-state index >= 15 is 0 Å². The standard InChI is InChI=1S/2C31H37N.C5H5N.2C4H10O.3CO.Mo/c2*1-19(2)23-13-10-14-24(20(3)4)29(23)27-17-12-18-28(31(27)32-9)30-25(21(5)6)15-11-16-26(30)22(7)8;1-2-4-6-5-3-1;2*1-3-5-4-2;3*1-2;/h2*10-22H,1-8H3;1-5H;2*3-4H2,1-2H3;;;;. The summed E-state index contributed by atoms with van der Waals surface area (Å²) in [5.41, 5.74) is 21.4. The van der Waals surface area contributed by atoms with Crippen molar-refractivity contribution in [3.63, 3.8) is 0 Å². The summed E-state index contributed by atoms with van der Waals surface area (Å²) in [5.74, 6) is 3.11. The topological polar surface area (TPSA) is 99.8 Å². The molecular weight excluding hydrogens is 1150 g/mol. The molecule has 0 saturated heterocycles. The normalized spacial score (nSPS) is 10.1. The molecule has 0 fully saturated rings. The smallest absolute Gasteiger partial charge is 0.0267 e. The van der Waals surface area contributed by atoms with Gasteiger partial charge < -0.3 is 9.47 Å². The van der Waals surface area contributed by atoms with Crippen LogP contribution in [0.4, 0.5) is 11.4 Å². The Bertz CT molecular complexity index is 2700. The first-order valence-electron chi connectivity index (χ1n) is 30.4. The Morgan fingerprint density at radius 1 is 0.310 bits per heavy atom. The molecule has 0 amide bonds. The van der Waals surface area contributed by atoms with Gasteiger partial charge >= 0.3 is 33.9 Å². The van der Waals surface area contributed by atoms with Crippen molar-refractivity contribution in [1.29, 1.82) is 0 Å². The molecule has 0 unspecified atom stereocenters. The van der Waals surface area contributed by atoms with Crippen molar-refractivity contribution in [3.8, 4) is 44.5 Å². The number of ether oxygens (including phenoxy) is 2. The first-order chi connectivity index (χ1) is 41.2. The molecule has 8 nitrogen and oxygen atoms in total. The van der Waals surface area contributed by atoms with Crippen molar-refractivity contribution in [2.45, 2.75) is 186 Å². The zero-order valence-corrected chi connectivity index (χ0v) is 58.0. The number of benzene rings is 6. The summed E-state index contributed by atoms with van der Waals surface area (Å²) in [7, 11) is 0. The fourth-order valence-electron chi connectivity index (χ4n) is 10.3. The second-order valence-corrected chi connectivity index (χ2v) is 22.7. The Kier molecular flexibility index (Phi) is 43.1. The summed E-state index contributed by atoms with van der Waals surface area (Å²) in [6.45, 7) is 77.3. The number of hydrogen-bond acceptors (Lipinski definition) is 3. The zero-order chi connectivity index (χ0) is 65.6. The molecular formula is C78H99MoN3O5. The maximum Gasteiger partial charge on any atom is 0.0267 e. The van der Waals surface area contributed by atoms with Crippen LogP contribution in [0.3, 0.4) is 0 Å². The van der Waals surface area contributed by atoms with Gasteiger partial charge in [-0.25, -0.2) is 9.69 Å². The summed E-state index contributed by atoms with van der Waals surface area (Å²) >= 11 is 0. The van der Waals surface area contributed by atoms with Gasteiger partial charge in [-0.3, -0.25) is 4.98 Å². The third-order valence-electron chi connectivity index (χ3n) is 14.2. The van der Waals surface area contributed by atoms with Crippen LogP contribution in [0.15, 0.2) is 140 Å². The SMILES string of the molecule is CCOCC.CCOCC.[C-]#[N+]c1c(-c2c(C(C)C)cccc2C(C)C)cccc1-c1c(C(C)C)cccc1C(C)C.[C-]#[N+]c1c(-c2c(C(C)C)cccc2C(C)C)cccc1-c1c(C(C)C)cccc1C(C)C.[C-]#[O+].[C-]#[O+].[C-]#[O+].[Mo].c1ccncc1. The summed E-state index contributed by atoms with van der Waals surface area (Å²) < 4.78 is 32.2. The minimum absolute atomic E-state index is 0. The van der Waals surface area contributed by atoms with Crippen LogP contribution in [-0.2, 0) is 44.5 Å². The van der Waals surface area contributed by atoms with Gasteiger partial charge in [0.15, 0.2) is 0 Å². The largest absolute Gasteiger partial charge is 0.265 e. The second-order valence-electron chi connectivity index (χ2n) is 22.7. The molecule has 1 aromatic heterocycles. The van der Waals surface area contributed by atoms with Gasteiger partial charge in [-0.1, -0.05) is 226 Å². The van der Waals surface area contributed by atoms with Crippen LogP contribution in [0.1, 0.15) is 230 Å². The van der Waals surface area contributed by atoms with Crippen LogP contribution in [0.25, 0.3) is 54.2 Å². The minimum Gasteiger partial charge on any atom is -0.265 e. The van der Waals surface area contributed by atoms with Crippen molar-refractivity contribution >= 4 is 11.4 Å². The predicted octanol–water partition coefficient (Wildman–Crippen LogP) is 23.2. The molecule has 0 atom stereocenters. The Morgan fingerprint density at radius 2 is 0.483 bits per heavy atom. The first-order valence-corrected chi connectivity index (χ1v) is 30.4. The van der Waals surface area contributed by atoms with Crippen molar-refractivity contribution < 1.29 is 44.5 Å². The van der Waals surface area contributed by atoms with E-state index in [9.17, 15) is 0 Å². The van der Waals surface area contributed by atoms with Gasteiger partial charge in [0, 0.05) is 59.9 Å². The summed E-state index contributed by atoms with van der Waals surface area (Å²) in [4.78, 5) is 12.1. The quantitative estimate of drug-likeness (QED) is 0.0547. The predicted molar refractivity (Wildman–Crippen MR) is 360 cm³/mol. The van der Waals surface area contributed by atoms with Gasteiger partial charge in [0.05, 0.1) is 13.1 Å². The van der Waals surface area contributed by atoms with Crippen LogP contribution in [0.5, 0.6) is 0 Å². The maximum atomic E-state index is 8.26. The van der Waals surface area contributed by atoms with Crippen molar-refractivity contribution in [1.82, 2.24) is 4.98 Å². The Morgan fingerprint density at radius 3 is 0.586 bits per heavy atom. The molecule has 0 radical (unpaired) electrons. The van der Waals surface area contributed by atoms with Gasteiger partial charge in [-0.05, 0) is 176 Å². The molecule has 6 aromatic carbocycles. The Labute approximate surface area is 541 Å². The van der Waals surface area contributed by atoms with Crippen molar-refractivity contribution in [2.75, 3.05) is 26.4 Å². The summed E-state index contributed by atoms with van der Waals surface area (Å²) in [5, 5.41) is 0. The van der Waals surface area contributed by atoms with Crippen molar-refractivity contribution in [3.05, 3.63) is 227 Å². The third kappa shape index (κ3) is 24.4. The average molecular weight is 1250 g/mol. The molecule has 0 aliphatic rings. The average Bonchev–Trinajstić information content (AvgIpc) is 3.52. The van der Waals surface area contributed by atoms with E-state index in [0.717, 1.165) is 60.1 Å². The number of rotatable bonds is 16. The molecule has 0 aliphatic heterocycles.